The lowest BCUT2D eigenvalue weighted by Crippen LogP contribution is -2.52. The van der Waals surface area contributed by atoms with E-state index < -0.39 is 65.9 Å². The maximum absolute atomic E-state index is 13.7. The van der Waals surface area contributed by atoms with Crippen LogP contribution in [-0.4, -0.2) is 108 Å². The number of benzene rings is 3. The molecule has 7 N–H and O–H groups in total. The van der Waals surface area contributed by atoms with Gasteiger partial charge in [-0.1, -0.05) is 38.1 Å². The molecule has 64 heavy (non-hydrogen) atoms. The van der Waals surface area contributed by atoms with Crippen LogP contribution in [0.3, 0.4) is 0 Å². The summed E-state index contributed by atoms with van der Waals surface area (Å²) in [6.07, 6.45) is -1.55. The van der Waals surface area contributed by atoms with Crippen molar-refractivity contribution in [1.29, 1.82) is 0 Å². The Morgan fingerprint density at radius 2 is 1.61 bits per heavy atom. The first-order valence-electron chi connectivity index (χ1n) is 20.7. The number of hydrogen-bond donors (Lipinski definition) is 6. The van der Waals surface area contributed by atoms with E-state index in [0.29, 0.717) is 28.1 Å². The summed E-state index contributed by atoms with van der Waals surface area (Å²) in [6, 6.07) is 12.1. The van der Waals surface area contributed by atoms with Gasteiger partial charge in [-0.25, -0.2) is 14.4 Å². The van der Waals surface area contributed by atoms with E-state index in [9.17, 15) is 38.4 Å². The van der Waals surface area contributed by atoms with Gasteiger partial charge in [-0.2, -0.15) is 5.06 Å². The number of hydroxylamine groups is 2. The molecule has 1 fully saturated rings. The predicted molar refractivity (Wildman–Crippen MR) is 232 cm³/mol. The molecule has 0 aromatic heterocycles. The first-order chi connectivity index (χ1) is 30.4. The Balaban J connectivity index is 1.22. The van der Waals surface area contributed by atoms with E-state index >= 15 is 0 Å². The molecule has 3 aromatic carbocycles. The third-order valence-electron chi connectivity index (χ3n) is 10.7. The smallest absolute Gasteiger partial charge is 0.434 e. The van der Waals surface area contributed by atoms with E-state index in [1.54, 1.807) is 36.4 Å². The number of aryl methyl sites for hydroxylation is 1. The molecule has 1 saturated heterocycles. The molecule has 5 rings (SSSR count). The first kappa shape index (κ1) is 48.0. The van der Waals surface area contributed by atoms with Crippen LogP contribution in [0.2, 0.25) is 0 Å². The fourth-order valence-corrected chi connectivity index (χ4v) is 6.94. The number of fused-ring (bicyclic) bond motifs is 1. The van der Waals surface area contributed by atoms with Crippen molar-refractivity contribution in [3.63, 3.8) is 0 Å². The van der Waals surface area contributed by atoms with Gasteiger partial charge in [0.05, 0.1) is 26.2 Å². The Labute approximate surface area is 370 Å². The highest BCUT2D eigenvalue weighted by molar-refractivity contribution is 6.06. The molecule has 2 aliphatic rings. The monoisotopic (exact) mass is 885 g/mol. The number of likely N-dealkylation sites (N-methyl/N-ethyl adjacent to an activating group) is 1. The van der Waals surface area contributed by atoms with E-state index in [1.807, 2.05) is 19.1 Å². The summed E-state index contributed by atoms with van der Waals surface area (Å²) in [5.74, 6) is -2.21. The Kier molecular flexibility index (Phi) is 16.0. The van der Waals surface area contributed by atoms with Crippen LogP contribution in [0.5, 0.6) is 5.75 Å². The molecule has 3 atom stereocenters. The fraction of sp³-hybridized carbons (Fsp3) is 0.409. The predicted octanol–water partition coefficient (Wildman–Crippen LogP) is 3.62. The summed E-state index contributed by atoms with van der Waals surface area (Å²) in [7, 11) is 2.68. The van der Waals surface area contributed by atoms with Gasteiger partial charge < -0.3 is 46.3 Å². The zero-order chi connectivity index (χ0) is 46.8. The van der Waals surface area contributed by atoms with E-state index in [4.69, 9.17) is 20.0 Å². The summed E-state index contributed by atoms with van der Waals surface area (Å²) in [5.41, 5.74) is 10.2. The van der Waals surface area contributed by atoms with Gasteiger partial charge in [0.1, 0.15) is 24.4 Å². The lowest BCUT2D eigenvalue weighted by molar-refractivity contribution is -0.137. The zero-order valence-corrected chi connectivity index (χ0v) is 36.9. The molecule has 20 heteroatoms. The summed E-state index contributed by atoms with van der Waals surface area (Å²) in [6.45, 7) is 8.52. The van der Waals surface area contributed by atoms with Gasteiger partial charge in [-0.05, 0) is 80.1 Å². The van der Waals surface area contributed by atoms with E-state index in [0.717, 1.165) is 16.2 Å². The number of anilines is 2. The van der Waals surface area contributed by atoms with Crippen molar-refractivity contribution in [2.75, 3.05) is 37.9 Å². The number of urea groups is 1. The highest BCUT2D eigenvalue weighted by Gasteiger charge is 2.41. The zero-order valence-electron chi connectivity index (χ0n) is 36.9. The molecule has 9 amide bonds. The molecule has 342 valence electrons. The Hall–Kier alpha value is -7.06. The third kappa shape index (κ3) is 12.1. The first-order valence-corrected chi connectivity index (χ1v) is 20.7. The standard InChI is InChI=1S/C44H55N9O11/c1-24(2)33-20-31(12-8-25(33)3)49-42(59)46-21-29-11-15-32-34(22-52(41(32)58)35-16-17-36(54)50-40(35)57)37(29)64-43(60)51(6)18-19-53(62-7)44(61)63-23-28-9-13-30(14-10-28)48-39(56)27(5)47-38(55)26(4)45/h8-15,20,24,26-27,35H,16-19,21-23,45H2,1-7H3,(H,47,55)(H,48,56)(H2,46,49,59)(H,50,54,57)/t26-,27-,35?/m0/s1. The number of carbonyl (C=O) groups is 8. The van der Waals surface area contributed by atoms with Crippen molar-refractivity contribution in [2.45, 2.75) is 91.2 Å². The van der Waals surface area contributed by atoms with Gasteiger partial charge in [-0.15, -0.1) is 0 Å². The Bertz CT molecular complexity index is 2280. The molecule has 2 aliphatic heterocycles. The Morgan fingerprint density at radius 3 is 2.27 bits per heavy atom. The van der Waals surface area contributed by atoms with Gasteiger partial charge in [0.15, 0.2) is 0 Å². The number of hydrogen-bond acceptors (Lipinski definition) is 12. The van der Waals surface area contributed by atoms with Crippen LogP contribution in [0, 0.1) is 6.92 Å². The quantitative estimate of drug-likeness (QED) is 0.0891. The second-order valence-electron chi connectivity index (χ2n) is 15.8. The number of nitrogens with zero attached hydrogens (tertiary/aromatic N) is 3. The molecule has 0 spiro atoms. The van der Waals surface area contributed by atoms with Gasteiger partial charge in [0, 0.05) is 54.6 Å². The number of nitrogens with one attached hydrogen (secondary N) is 5. The maximum atomic E-state index is 13.7. The second-order valence-corrected chi connectivity index (χ2v) is 15.8. The minimum absolute atomic E-state index is 0.00586. The van der Waals surface area contributed by atoms with Crippen LogP contribution in [-0.2, 0) is 48.4 Å². The highest BCUT2D eigenvalue weighted by Crippen LogP contribution is 2.37. The van der Waals surface area contributed by atoms with Crippen LogP contribution in [0.15, 0.2) is 54.6 Å². The molecule has 2 heterocycles. The molecular weight excluding hydrogens is 831 g/mol. The van der Waals surface area contributed by atoms with Crippen LogP contribution < -0.4 is 37.1 Å². The number of imide groups is 1. The van der Waals surface area contributed by atoms with E-state index in [1.165, 1.54) is 43.9 Å². The average molecular weight is 886 g/mol. The molecule has 0 bridgehead atoms. The highest BCUT2D eigenvalue weighted by atomic mass is 16.7. The number of rotatable bonds is 16. The lowest BCUT2D eigenvalue weighted by Gasteiger charge is -2.29. The van der Waals surface area contributed by atoms with Crippen LogP contribution in [0.25, 0.3) is 0 Å². The fourth-order valence-electron chi connectivity index (χ4n) is 6.94. The van der Waals surface area contributed by atoms with Gasteiger partial charge in [0.25, 0.3) is 5.91 Å². The van der Waals surface area contributed by atoms with Gasteiger partial charge in [-0.3, -0.25) is 34.1 Å². The minimum Gasteiger partial charge on any atom is -0.443 e. The number of piperidine rings is 1. The number of amides is 9. The van der Waals surface area contributed by atoms with E-state index in [2.05, 4.69) is 40.4 Å². The van der Waals surface area contributed by atoms with Crippen molar-refractivity contribution in [2.24, 2.45) is 5.73 Å². The van der Waals surface area contributed by atoms with E-state index in [-0.39, 0.29) is 62.9 Å². The summed E-state index contributed by atoms with van der Waals surface area (Å²) < 4.78 is 11.4. The second kappa shape index (κ2) is 21.3. The molecule has 1 unspecified atom stereocenters. The van der Waals surface area contributed by atoms with Gasteiger partial charge in [0.2, 0.25) is 23.6 Å². The minimum atomic E-state index is -0.926. The van der Waals surface area contributed by atoms with Crippen LogP contribution in [0.1, 0.15) is 84.6 Å². The van der Waals surface area contributed by atoms with Crippen LogP contribution >= 0.6 is 0 Å². The summed E-state index contributed by atoms with van der Waals surface area (Å²) >= 11 is 0. The lowest BCUT2D eigenvalue weighted by atomic mass is 9.97. The third-order valence-corrected chi connectivity index (χ3v) is 10.7. The number of carbonyl (C=O) groups excluding carboxylic acids is 8. The molecule has 20 nitrogen and oxygen atoms in total. The average Bonchev–Trinajstić information content (AvgIpc) is 3.59. The molecule has 0 radical (unpaired) electrons. The van der Waals surface area contributed by atoms with Gasteiger partial charge >= 0.3 is 18.2 Å². The SMILES string of the molecule is CON(CCN(C)C(=O)Oc1c(CNC(=O)Nc2ccc(C)c(C(C)C)c2)ccc2c1CN(C1CCC(=O)NC1=O)C2=O)C(=O)OCc1ccc(NC(=O)[C@H](C)NC(=O)[C@H](C)N)cc1. The maximum Gasteiger partial charge on any atom is 0.434 e. The Morgan fingerprint density at radius 1 is 0.906 bits per heavy atom. The molecule has 3 aromatic rings. The summed E-state index contributed by atoms with van der Waals surface area (Å²) in [4.78, 5) is 110. The topological polar surface area (TPSA) is 260 Å². The number of ether oxygens (including phenoxy) is 2. The van der Waals surface area contributed by atoms with Crippen molar-refractivity contribution < 1.29 is 52.7 Å². The largest absolute Gasteiger partial charge is 0.443 e. The molecule has 0 saturated carbocycles. The summed E-state index contributed by atoms with van der Waals surface area (Å²) in [5, 5.41) is 14.0. The van der Waals surface area contributed by atoms with Crippen molar-refractivity contribution in [1.82, 2.24) is 30.8 Å². The van der Waals surface area contributed by atoms with Crippen molar-refractivity contribution in [3.05, 3.63) is 88.0 Å². The van der Waals surface area contributed by atoms with Crippen molar-refractivity contribution >= 4 is 59.1 Å². The number of nitrogens with two attached hydrogens (primary N) is 1. The van der Waals surface area contributed by atoms with Crippen molar-refractivity contribution in [3.8, 4) is 5.75 Å². The van der Waals surface area contributed by atoms with Crippen LogP contribution in [0.4, 0.5) is 25.8 Å². The molecule has 0 aliphatic carbocycles. The normalized spacial score (nSPS) is 15.4. The molecular formula is C44H55N9O11.